The number of hydrogen-bond donors (Lipinski definition) is 1. The maximum atomic E-state index is 11.4. The minimum absolute atomic E-state index is 0.171. The van der Waals surface area contributed by atoms with E-state index < -0.39 is 0 Å². The number of halogens is 2. The van der Waals surface area contributed by atoms with Crippen molar-refractivity contribution in [1.29, 1.82) is 0 Å². The van der Waals surface area contributed by atoms with Crippen molar-refractivity contribution in [3.8, 4) is 0 Å². The predicted octanol–water partition coefficient (Wildman–Crippen LogP) is 4.05. The normalized spacial score (nSPS) is 17.8. The molecule has 1 unspecified atom stereocenters. The molecule has 1 N–H and O–H groups in total. The molecule has 1 heterocycles. The maximum Gasteiger partial charge on any atom is 0.219 e. The summed E-state index contributed by atoms with van der Waals surface area (Å²) >= 11 is 12.1. The Morgan fingerprint density at radius 2 is 2.00 bits per heavy atom. The summed E-state index contributed by atoms with van der Waals surface area (Å²) in [5.74, 6) is 0.171. The number of piperidine rings is 1. The molecular weight excluding hydrogens is 307 g/mol. The van der Waals surface area contributed by atoms with Gasteiger partial charge < -0.3 is 10.2 Å². The number of nitrogens with one attached hydrogen (secondary N) is 1. The molecule has 0 aromatic heterocycles. The Balaban J connectivity index is 1.97. The zero-order valence-electron chi connectivity index (χ0n) is 12.5. The fraction of sp³-hybridized carbons (Fsp3) is 0.562. The van der Waals surface area contributed by atoms with Gasteiger partial charge in [0.25, 0.3) is 0 Å². The first-order chi connectivity index (χ1) is 10.0. The second kappa shape index (κ2) is 7.48. The van der Waals surface area contributed by atoms with E-state index in [1.165, 1.54) is 5.56 Å². The summed E-state index contributed by atoms with van der Waals surface area (Å²) in [5, 5.41) is 4.87. The van der Waals surface area contributed by atoms with E-state index in [0.717, 1.165) is 32.4 Å². The molecule has 1 saturated heterocycles. The zero-order chi connectivity index (χ0) is 15.4. The highest BCUT2D eigenvalue weighted by molar-refractivity contribution is 6.42. The summed E-state index contributed by atoms with van der Waals surface area (Å²) in [6.07, 6.45) is 2.99. The highest BCUT2D eigenvalue weighted by atomic mass is 35.5. The third kappa shape index (κ3) is 4.35. The van der Waals surface area contributed by atoms with Crippen molar-refractivity contribution in [3.63, 3.8) is 0 Å². The van der Waals surface area contributed by atoms with E-state index in [2.05, 4.69) is 12.2 Å². The molecule has 3 nitrogen and oxygen atoms in total. The summed E-state index contributed by atoms with van der Waals surface area (Å²) in [5.41, 5.74) is 1.17. The van der Waals surface area contributed by atoms with Crippen molar-refractivity contribution in [2.45, 2.75) is 45.2 Å². The molecule has 1 fully saturated rings. The van der Waals surface area contributed by atoms with E-state index in [1.54, 1.807) is 6.92 Å². The number of rotatable bonds is 4. The van der Waals surface area contributed by atoms with Crippen LogP contribution in [0.5, 0.6) is 0 Å². The molecule has 0 radical (unpaired) electrons. The largest absolute Gasteiger partial charge is 0.343 e. The van der Waals surface area contributed by atoms with Gasteiger partial charge in [0.15, 0.2) is 0 Å². The molecule has 1 atom stereocenters. The number of carbonyl (C=O) groups is 1. The molecule has 21 heavy (non-hydrogen) atoms. The van der Waals surface area contributed by atoms with Crippen LogP contribution in [0.2, 0.25) is 10.0 Å². The van der Waals surface area contributed by atoms with Crippen LogP contribution in [0.25, 0.3) is 0 Å². The van der Waals surface area contributed by atoms with E-state index >= 15 is 0 Å². The van der Waals surface area contributed by atoms with Crippen molar-refractivity contribution < 1.29 is 4.79 Å². The monoisotopic (exact) mass is 328 g/mol. The first kappa shape index (κ1) is 16.6. The summed E-state index contributed by atoms with van der Waals surface area (Å²) in [7, 11) is 0. The number of carbonyl (C=O) groups excluding carboxylic acids is 1. The van der Waals surface area contributed by atoms with Gasteiger partial charge in [0, 0.05) is 32.1 Å². The van der Waals surface area contributed by atoms with Gasteiger partial charge in [0.1, 0.15) is 0 Å². The minimum atomic E-state index is 0.171. The van der Waals surface area contributed by atoms with Crippen molar-refractivity contribution in [1.82, 2.24) is 10.2 Å². The van der Waals surface area contributed by atoms with E-state index in [1.807, 2.05) is 23.1 Å². The lowest BCUT2D eigenvalue weighted by molar-refractivity contribution is -0.129. The Morgan fingerprint density at radius 3 is 2.52 bits per heavy atom. The van der Waals surface area contributed by atoms with Gasteiger partial charge in [-0.3, -0.25) is 4.79 Å². The Hall–Kier alpha value is -0.770. The summed E-state index contributed by atoms with van der Waals surface area (Å²) in [4.78, 5) is 13.3. The van der Waals surface area contributed by atoms with E-state index in [9.17, 15) is 4.79 Å². The summed E-state index contributed by atoms with van der Waals surface area (Å²) in [6, 6.07) is 6.53. The van der Waals surface area contributed by atoms with Gasteiger partial charge in [-0.05, 0) is 37.0 Å². The number of hydrogen-bond acceptors (Lipinski definition) is 2. The lowest BCUT2D eigenvalue weighted by atomic mass is 9.99. The van der Waals surface area contributed by atoms with E-state index in [-0.39, 0.29) is 11.9 Å². The number of likely N-dealkylation sites (tertiary alicyclic amines) is 1. The molecule has 5 heteroatoms. The molecule has 2 rings (SSSR count). The van der Waals surface area contributed by atoms with Crippen LogP contribution in [0.4, 0.5) is 0 Å². The first-order valence-electron chi connectivity index (χ1n) is 7.47. The minimum Gasteiger partial charge on any atom is -0.343 e. The van der Waals surface area contributed by atoms with E-state index in [0.29, 0.717) is 16.1 Å². The SMILES string of the molecule is CCC(NC1CCN(C(C)=O)CC1)c1ccc(Cl)c(Cl)c1. The van der Waals surface area contributed by atoms with Gasteiger partial charge in [-0.2, -0.15) is 0 Å². The molecule has 1 aromatic rings. The third-order valence-electron chi connectivity index (χ3n) is 4.13. The van der Waals surface area contributed by atoms with Gasteiger partial charge in [-0.25, -0.2) is 0 Å². The quantitative estimate of drug-likeness (QED) is 0.904. The lowest BCUT2D eigenvalue weighted by Gasteiger charge is -2.34. The molecule has 0 saturated carbocycles. The third-order valence-corrected chi connectivity index (χ3v) is 4.87. The molecule has 1 aliphatic rings. The van der Waals surface area contributed by atoms with Crippen molar-refractivity contribution in [3.05, 3.63) is 33.8 Å². The van der Waals surface area contributed by atoms with Crippen molar-refractivity contribution in [2.75, 3.05) is 13.1 Å². The smallest absolute Gasteiger partial charge is 0.219 e. The van der Waals surface area contributed by atoms with Gasteiger partial charge in [0.05, 0.1) is 10.0 Å². The highest BCUT2D eigenvalue weighted by Crippen LogP contribution is 2.27. The maximum absolute atomic E-state index is 11.4. The van der Waals surface area contributed by atoms with Crippen molar-refractivity contribution in [2.24, 2.45) is 0 Å². The fourth-order valence-electron chi connectivity index (χ4n) is 2.82. The Morgan fingerprint density at radius 1 is 1.33 bits per heavy atom. The van der Waals surface area contributed by atoms with Gasteiger partial charge >= 0.3 is 0 Å². The van der Waals surface area contributed by atoms with Crippen molar-refractivity contribution >= 4 is 29.1 Å². The zero-order valence-corrected chi connectivity index (χ0v) is 14.0. The lowest BCUT2D eigenvalue weighted by Crippen LogP contribution is -2.45. The molecule has 1 amide bonds. The van der Waals surface area contributed by atoms with Crippen LogP contribution in [0.15, 0.2) is 18.2 Å². The van der Waals surface area contributed by atoms with Gasteiger partial charge in [-0.15, -0.1) is 0 Å². The van der Waals surface area contributed by atoms with Crippen LogP contribution in [-0.2, 0) is 4.79 Å². The standard InChI is InChI=1S/C16H22Cl2N2O/c1-3-16(12-4-5-14(17)15(18)10-12)19-13-6-8-20(9-7-13)11(2)21/h4-5,10,13,16,19H,3,6-9H2,1-2H3. The molecule has 0 bridgehead atoms. The second-order valence-electron chi connectivity index (χ2n) is 5.58. The fourth-order valence-corrected chi connectivity index (χ4v) is 3.13. The van der Waals surface area contributed by atoms with Crippen LogP contribution in [0.1, 0.15) is 44.7 Å². The number of nitrogens with zero attached hydrogens (tertiary/aromatic N) is 1. The molecule has 1 aliphatic heterocycles. The van der Waals surface area contributed by atoms with Crippen LogP contribution in [0, 0.1) is 0 Å². The molecule has 1 aromatic carbocycles. The van der Waals surface area contributed by atoms with Crippen LogP contribution in [-0.4, -0.2) is 29.9 Å². The molecule has 0 aliphatic carbocycles. The topological polar surface area (TPSA) is 32.3 Å². The summed E-state index contributed by atoms with van der Waals surface area (Å²) in [6.45, 7) is 5.47. The Bertz CT molecular complexity index is 499. The average Bonchev–Trinajstić information content (AvgIpc) is 2.48. The Labute approximate surface area is 136 Å². The molecule has 0 spiro atoms. The predicted molar refractivity (Wildman–Crippen MR) is 87.9 cm³/mol. The van der Waals surface area contributed by atoms with Crippen LogP contribution < -0.4 is 5.32 Å². The Kier molecular flexibility index (Phi) is 5.91. The molecular formula is C16H22Cl2N2O. The van der Waals surface area contributed by atoms with Gasteiger partial charge in [-0.1, -0.05) is 36.2 Å². The number of benzene rings is 1. The number of amides is 1. The van der Waals surface area contributed by atoms with Crippen LogP contribution in [0.3, 0.4) is 0 Å². The van der Waals surface area contributed by atoms with Crippen LogP contribution >= 0.6 is 23.2 Å². The molecule has 116 valence electrons. The second-order valence-corrected chi connectivity index (χ2v) is 6.40. The summed E-state index contributed by atoms with van der Waals surface area (Å²) < 4.78 is 0. The average molecular weight is 329 g/mol. The first-order valence-corrected chi connectivity index (χ1v) is 8.23. The van der Waals surface area contributed by atoms with Gasteiger partial charge in [0.2, 0.25) is 5.91 Å². The van der Waals surface area contributed by atoms with E-state index in [4.69, 9.17) is 23.2 Å². The highest BCUT2D eigenvalue weighted by Gasteiger charge is 2.23.